The van der Waals surface area contributed by atoms with E-state index in [1.54, 1.807) is 23.1 Å². The second kappa shape index (κ2) is 10.5. The maximum Gasteiger partial charge on any atom is 0.256 e. The number of halogens is 2. The zero-order valence-electron chi connectivity index (χ0n) is 18.1. The van der Waals surface area contributed by atoms with Crippen LogP contribution in [0.3, 0.4) is 0 Å². The lowest BCUT2D eigenvalue weighted by molar-refractivity contribution is -0.134. The van der Waals surface area contributed by atoms with Gasteiger partial charge in [0.25, 0.3) is 5.91 Å². The Labute approximate surface area is 214 Å². The maximum absolute atomic E-state index is 12.6. The highest BCUT2D eigenvalue weighted by atomic mass is 79.9. The van der Waals surface area contributed by atoms with E-state index >= 15 is 0 Å². The summed E-state index contributed by atoms with van der Waals surface area (Å²) in [6, 6.07) is 18.9. The molecule has 0 atom stereocenters. The van der Waals surface area contributed by atoms with Crippen LogP contribution in [-0.4, -0.2) is 40.1 Å². The Hall–Kier alpha value is -2.94. The standard InChI is InChI=1S/C26H22Br2N2O4/c27-21-12-18(13-22(28)25(21)33)11-20-19-10-16(6-7-23(19)29-26(20)34)8-9-30(24(32)15-31)14-17-4-2-1-3-5-17/h1-7,10-13,31,33H,8-9,14-15H2,(H,29,34). The van der Waals surface area contributed by atoms with Crippen LogP contribution in [0, 0.1) is 0 Å². The van der Waals surface area contributed by atoms with Crippen LogP contribution in [0.5, 0.6) is 5.75 Å². The molecule has 0 radical (unpaired) electrons. The monoisotopic (exact) mass is 584 g/mol. The van der Waals surface area contributed by atoms with E-state index in [0.29, 0.717) is 34.0 Å². The third-order valence-corrected chi connectivity index (χ3v) is 6.80. The van der Waals surface area contributed by atoms with Crippen molar-refractivity contribution in [3.63, 3.8) is 0 Å². The van der Waals surface area contributed by atoms with Crippen LogP contribution in [-0.2, 0) is 22.6 Å². The number of carbonyl (C=O) groups is 2. The van der Waals surface area contributed by atoms with Crippen molar-refractivity contribution in [2.75, 3.05) is 18.5 Å². The van der Waals surface area contributed by atoms with Gasteiger partial charge in [0.2, 0.25) is 5.91 Å². The number of aliphatic hydroxyl groups excluding tert-OH is 1. The molecule has 1 aliphatic heterocycles. The van der Waals surface area contributed by atoms with E-state index in [-0.39, 0.29) is 17.6 Å². The number of phenols is 1. The van der Waals surface area contributed by atoms with Crippen molar-refractivity contribution in [3.05, 3.63) is 91.9 Å². The average molecular weight is 586 g/mol. The van der Waals surface area contributed by atoms with Gasteiger partial charge >= 0.3 is 0 Å². The van der Waals surface area contributed by atoms with E-state index < -0.39 is 6.61 Å². The third-order valence-electron chi connectivity index (χ3n) is 5.59. The molecule has 0 saturated carbocycles. The van der Waals surface area contributed by atoms with Gasteiger partial charge in [-0.3, -0.25) is 9.59 Å². The normalized spacial score (nSPS) is 13.6. The van der Waals surface area contributed by atoms with Gasteiger partial charge in [0.15, 0.2) is 0 Å². The number of hydrogen-bond acceptors (Lipinski definition) is 4. The molecule has 0 saturated heterocycles. The second-order valence-corrected chi connectivity index (χ2v) is 9.64. The molecule has 0 spiro atoms. The lowest BCUT2D eigenvalue weighted by atomic mass is 10.00. The summed E-state index contributed by atoms with van der Waals surface area (Å²) in [7, 11) is 0. The molecule has 3 aromatic carbocycles. The first kappa shape index (κ1) is 24.2. The Balaban J connectivity index is 1.56. The summed E-state index contributed by atoms with van der Waals surface area (Å²) in [6.45, 7) is 0.312. The summed E-state index contributed by atoms with van der Waals surface area (Å²) in [5.74, 6) is -0.433. The van der Waals surface area contributed by atoms with Crippen LogP contribution < -0.4 is 5.32 Å². The number of benzene rings is 3. The molecule has 3 aromatic rings. The van der Waals surface area contributed by atoms with Crippen molar-refractivity contribution in [1.82, 2.24) is 4.90 Å². The fraction of sp³-hybridized carbons (Fsp3) is 0.154. The van der Waals surface area contributed by atoms with Crippen molar-refractivity contribution >= 4 is 61.0 Å². The number of rotatable bonds is 7. The number of hydrogen-bond donors (Lipinski definition) is 3. The van der Waals surface area contributed by atoms with E-state index in [1.807, 2.05) is 48.5 Å². The third kappa shape index (κ3) is 5.41. The molecule has 0 fully saturated rings. The van der Waals surface area contributed by atoms with Crippen molar-refractivity contribution in [2.24, 2.45) is 0 Å². The van der Waals surface area contributed by atoms with E-state index in [9.17, 15) is 19.8 Å². The average Bonchev–Trinajstić information content (AvgIpc) is 3.14. The molecule has 4 rings (SSSR count). The molecule has 174 valence electrons. The first-order valence-corrected chi connectivity index (χ1v) is 12.2. The SMILES string of the molecule is O=C1Nc2ccc(CCN(Cc3ccccc3)C(=O)CO)cc2C1=Cc1cc(Br)c(O)c(Br)c1. The predicted molar refractivity (Wildman–Crippen MR) is 139 cm³/mol. The number of aromatic hydroxyl groups is 1. The van der Waals surface area contributed by atoms with Gasteiger partial charge in [-0.25, -0.2) is 0 Å². The molecule has 1 heterocycles. The van der Waals surface area contributed by atoms with Crippen LogP contribution >= 0.6 is 31.9 Å². The summed E-state index contributed by atoms with van der Waals surface area (Å²) >= 11 is 6.64. The zero-order chi connectivity index (χ0) is 24.2. The number of amides is 2. The first-order chi connectivity index (χ1) is 16.4. The van der Waals surface area contributed by atoms with Gasteiger partial charge in [-0.05, 0) is 85.3 Å². The molecule has 8 heteroatoms. The molecule has 6 nitrogen and oxygen atoms in total. The van der Waals surface area contributed by atoms with Gasteiger partial charge < -0.3 is 20.4 Å². The van der Waals surface area contributed by atoms with Crippen LogP contribution in [0.4, 0.5) is 5.69 Å². The van der Waals surface area contributed by atoms with Gasteiger partial charge in [0.05, 0.1) is 8.95 Å². The minimum atomic E-state index is -0.542. The summed E-state index contributed by atoms with van der Waals surface area (Å²) in [5.41, 5.74) is 4.74. The summed E-state index contributed by atoms with van der Waals surface area (Å²) < 4.78 is 1.04. The highest BCUT2D eigenvalue weighted by Gasteiger charge is 2.25. The molecule has 3 N–H and O–H groups in total. The Morgan fingerprint density at radius 2 is 1.71 bits per heavy atom. The number of aliphatic hydroxyl groups is 1. The van der Waals surface area contributed by atoms with E-state index in [0.717, 1.165) is 27.9 Å². The van der Waals surface area contributed by atoms with E-state index in [1.165, 1.54) is 0 Å². The molecule has 0 aromatic heterocycles. The Kier molecular flexibility index (Phi) is 7.50. The Morgan fingerprint density at radius 3 is 2.38 bits per heavy atom. The zero-order valence-corrected chi connectivity index (χ0v) is 21.3. The van der Waals surface area contributed by atoms with Crippen LogP contribution in [0.15, 0.2) is 69.6 Å². The fourth-order valence-electron chi connectivity index (χ4n) is 3.83. The van der Waals surface area contributed by atoms with Gasteiger partial charge in [-0.1, -0.05) is 36.4 Å². The van der Waals surface area contributed by atoms with Gasteiger partial charge in [0, 0.05) is 29.9 Å². The van der Waals surface area contributed by atoms with Crippen molar-refractivity contribution in [1.29, 1.82) is 0 Å². The van der Waals surface area contributed by atoms with Crippen molar-refractivity contribution < 1.29 is 19.8 Å². The summed E-state index contributed by atoms with van der Waals surface area (Å²) in [6.07, 6.45) is 2.35. The second-order valence-electron chi connectivity index (χ2n) is 7.93. The molecular formula is C26H22Br2N2O4. The van der Waals surface area contributed by atoms with Crippen LogP contribution in [0.1, 0.15) is 22.3 Å². The Morgan fingerprint density at radius 1 is 1.00 bits per heavy atom. The quantitative estimate of drug-likeness (QED) is 0.341. The van der Waals surface area contributed by atoms with Crippen LogP contribution in [0.2, 0.25) is 0 Å². The van der Waals surface area contributed by atoms with E-state index in [2.05, 4.69) is 37.2 Å². The summed E-state index contributed by atoms with van der Waals surface area (Å²) in [4.78, 5) is 26.6. The Bertz CT molecular complexity index is 1250. The minimum Gasteiger partial charge on any atom is -0.506 e. The van der Waals surface area contributed by atoms with Gasteiger partial charge in [0.1, 0.15) is 12.4 Å². The number of nitrogens with one attached hydrogen (secondary N) is 1. The smallest absolute Gasteiger partial charge is 0.256 e. The van der Waals surface area contributed by atoms with Crippen LogP contribution in [0.25, 0.3) is 11.6 Å². The van der Waals surface area contributed by atoms with Gasteiger partial charge in [-0.15, -0.1) is 0 Å². The predicted octanol–water partition coefficient (Wildman–Crippen LogP) is 4.97. The van der Waals surface area contributed by atoms with Crippen molar-refractivity contribution in [3.8, 4) is 5.75 Å². The maximum atomic E-state index is 12.6. The fourth-order valence-corrected chi connectivity index (χ4v) is 5.05. The van der Waals surface area contributed by atoms with Crippen molar-refractivity contribution in [2.45, 2.75) is 13.0 Å². The lowest BCUT2D eigenvalue weighted by Gasteiger charge is -2.22. The molecule has 0 unspecified atom stereocenters. The molecule has 0 aliphatic carbocycles. The first-order valence-electron chi connectivity index (χ1n) is 10.6. The summed E-state index contributed by atoms with van der Waals surface area (Å²) in [5, 5.41) is 22.2. The molecule has 34 heavy (non-hydrogen) atoms. The molecule has 0 bridgehead atoms. The van der Waals surface area contributed by atoms with Gasteiger partial charge in [-0.2, -0.15) is 0 Å². The number of fused-ring (bicyclic) bond motifs is 1. The number of carbonyl (C=O) groups excluding carboxylic acids is 2. The minimum absolute atomic E-state index is 0.0955. The highest BCUT2D eigenvalue weighted by molar-refractivity contribution is 9.11. The number of anilines is 1. The largest absolute Gasteiger partial charge is 0.506 e. The molecule has 2 amide bonds. The molecule has 1 aliphatic rings. The number of nitrogens with zero attached hydrogens (tertiary/aromatic N) is 1. The topological polar surface area (TPSA) is 89.9 Å². The van der Waals surface area contributed by atoms with E-state index in [4.69, 9.17) is 0 Å². The number of phenolic OH excluding ortho intramolecular Hbond substituents is 1. The molecular weight excluding hydrogens is 564 g/mol. The highest BCUT2D eigenvalue weighted by Crippen LogP contribution is 2.37. The lowest BCUT2D eigenvalue weighted by Crippen LogP contribution is -2.34.